The van der Waals surface area contributed by atoms with Gasteiger partial charge in [0.2, 0.25) is 0 Å². The number of likely N-dealkylation sites (N-methyl/N-ethyl adjacent to an activating group) is 1. The number of halogens is 1. The number of carbonyl (C=O) groups is 1. The first-order valence-electron chi connectivity index (χ1n) is 14.0. The SMILES string of the molecule is CCN/C(=C\NC)Cn1c(CN2CC(Oc3cccc(COc4ccc(Cl)cc4C#N)c3)C2)nc2ccc(C(=O)O)cc21. The highest BCUT2D eigenvalue weighted by molar-refractivity contribution is 6.30. The lowest BCUT2D eigenvalue weighted by Gasteiger charge is -2.38. The summed E-state index contributed by atoms with van der Waals surface area (Å²) in [6.45, 7) is 5.67. The molecule has 1 aliphatic heterocycles. The number of nitriles is 1. The molecule has 0 unspecified atom stereocenters. The molecule has 11 heteroatoms. The molecule has 0 spiro atoms. The van der Waals surface area contributed by atoms with Gasteiger partial charge >= 0.3 is 5.97 Å². The molecular formula is C32H33ClN6O4. The topological polar surface area (TPSA) is 125 Å². The third-order valence-corrected chi connectivity index (χ3v) is 7.31. The maximum absolute atomic E-state index is 11.7. The van der Waals surface area contributed by atoms with E-state index in [-0.39, 0.29) is 11.7 Å². The fourth-order valence-corrected chi connectivity index (χ4v) is 5.20. The summed E-state index contributed by atoms with van der Waals surface area (Å²) in [4.78, 5) is 18.8. The first-order chi connectivity index (χ1) is 20.9. The minimum atomic E-state index is -0.968. The number of likely N-dealkylation sites (tertiary alicyclic amines) is 1. The van der Waals surface area contributed by atoms with Crippen LogP contribution in [0.3, 0.4) is 0 Å². The summed E-state index contributed by atoms with van der Waals surface area (Å²) < 4.78 is 14.2. The highest BCUT2D eigenvalue weighted by Gasteiger charge is 2.30. The number of rotatable bonds is 13. The zero-order valence-electron chi connectivity index (χ0n) is 24.0. The van der Waals surface area contributed by atoms with E-state index in [4.69, 9.17) is 26.1 Å². The van der Waals surface area contributed by atoms with Crippen LogP contribution in [0.5, 0.6) is 11.5 Å². The molecule has 0 saturated carbocycles. The van der Waals surface area contributed by atoms with Crippen LogP contribution in [-0.4, -0.2) is 58.3 Å². The van der Waals surface area contributed by atoms with E-state index in [1.165, 1.54) is 0 Å². The van der Waals surface area contributed by atoms with Gasteiger partial charge in [0.25, 0.3) is 0 Å². The molecule has 222 valence electrons. The summed E-state index contributed by atoms with van der Waals surface area (Å²) >= 11 is 5.98. The van der Waals surface area contributed by atoms with E-state index in [9.17, 15) is 15.2 Å². The van der Waals surface area contributed by atoms with E-state index in [1.807, 2.05) is 44.4 Å². The molecule has 4 aromatic rings. The van der Waals surface area contributed by atoms with Crippen molar-refractivity contribution in [2.24, 2.45) is 0 Å². The second kappa shape index (κ2) is 13.5. The summed E-state index contributed by atoms with van der Waals surface area (Å²) in [7, 11) is 1.85. The zero-order valence-corrected chi connectivity index (χ0v) is 24.8. The van der Waals surface area contributed by atoms with Gasteiger partial charge in [-0.25, -0.2) is 9.78 Å². The van der Waals surface area contributed by atoms with Gasteiger partial charge in [-0.15, -0.1) is 0 Å². The quantitative estimate of drug-likeness (QED) is 0.199. The predicted molar refractivity (Wildman–Crippen MR) is 164 cm³/mol. The number of fused-ring (bicyclic) bond motifs is 1. The Kier molecular flexibility index (Phi) is 9.35. The highest BCUT2D eigenvalue weighted by Crippen LogP contribution is 2.26. The van der Waals surface area contributed by atoms with E-state index in [2.05, 4.69) is 26.2 Å². The normalized spacial score (nSPS) is 13.8. The van der Waals surface area contributed by atoms with Crippen LogP contribution in [0.1, 0.15) is 34.2 Å². The third kappa shape index (κ3) is 7.20. The first kappa shape index (κ1) is 29.8. The van der Waals surface area contributed by atoms with Crippen LogP contribution in [0.25, 0.3) is 11.0 Å². The molecule has 1 aliphatic rings. The predicted octanol–water partition coefficient (Wildman–Crippen LogP) is 4.77. The number of ether oxygens (including phenoxy) is 2. The van der Waals surface area contributed by atoms with Crippen molar-refractivity contribution in [2.45, 2.75) is 32.7 Å². The van der Waals surface area contributed by atoms with E-state index >= 15 is 0 Å². The lowest BCUT2D eigenvalue weighted by molar-refractivity contribution is 0.0124. The molecule has 3 N–H and O–H groups in total. The van der Waals surface area contributed by atoms with Crippen LogP contribution in [0.2, 0.25) is 5.02 Å². The van der Waals surface area contributed by atoms with Crippen LogP contribution < -0.4 is 20.1 Å². The number of nitrogens with zero attached hydrogens (tertiary/aromatic N) is 4. The summed E-state index contributed by atoms with van der Waals surface area (Å²) in [5.41, 5.74) is 4.05. The lowest BCUT2D eigenvalue weighted by atomic mass is 10.1. The van der Waals surface area contributed by atoms with Crippen molar-refractivity contribution in [2.75, 3.05) is 26.7 Å². The Morgan fingerprint density at radius 3 is 2.79 bits per heavy atom. The lowest BCUT2D eigenvalue weighted by Crippen LogP contribution is -2.53. The fraction of sp³-hybridized carbons (Fsp3) is 0.281. The molecule has 1 fully saturated rings. The number of hydrogen-bond acceptors (Lipinski definition) is 8. The number of imidazole rings is 1. The van der Waals surface area contributed by atoms with Crippen molar-refractivity contribution in [3.05, 3.63) is 100 Å². The van der Waals surface area contributed by atoms with E-state index in [0.29, 0.717) is 36.0 Å². The molecule has 0 amide bonds. The molecule has 5 rings (SSSR count). The van der Waals surface area contributed by atoms with E-state index < -0.39 is 5.97 Å². The number of aromatic carboxylic acids is 1. The van der Waals surface area contributed by atoms with Gasteiger partial charge in [0.15, 0.2) is 0 Å². The van der Waals surface area contributed by atoms with Crippen LogP contribution in [-0.2, 0) is 19.7 Å². The molecule has 2 heterocycles. The van der Waals surface area contributed by atoms with Crippen molar-refractivity contribution in [3.63, 3.8) is 0 Å². The maximum Gasteiger partial charge on any atom is 0.335 e. The zero-order chi connectivity index (χ0) is 30.3. The van der Waals surface area contributed by atoms with Crippen molar-refractivity contribution in [3.8, 4) is 17.6 Å². The van der Waals surface area contributed by atoms with Crippen molar-refractivity contribution >= 4 is 28.6 Å². The molecule has 43 heavy (non-hydrogen) atoms. The second-order valence-electron chi connectivity index (χ2n) is 10.2. The molecule has 3 aromatic carbocycles. The molecule has 0 aliphatic carbocycles. The first-order valence-corrected chi connectivity index (χ1v) is 14.4. The molecular weight excluding hydrogens is 568 g/mol. The standard InChI is InChI=1S/C32H33ClN6O4/c1-3-36-25(15-35-2)16-39-29-13-22(32(40)41)7-9-28(29)37-31(39)19-38-17-27(18-38)43-26-6-4-5-21(11-26)20-42-30-10-8-24(33)12-23(30)14-34/h4-13,15,27,35-36H,3,16-20H2,1-2H3,(H,40,41)/b25-15-. The summed E-state index contributed by atoms with van der Waals surface area (Å²) in [6, 6.07) is 19.9. The number of benzene rings is 3. The Bertz CT molecular complexity index is 1690. The van der Waals surface area contributed by atoms with Gasteiger partial charge in [-0.3, -0.25) is 4.90 Å². The number of carboxylic acids is 1. The van der Waals surface area contributed by atoms with Gasteiger partial charge in [0.05, 0.1) is 35.2 Å². The van der Waals surface area contributed by atoms with Gasteiger partial charge < -0.3 is 29.8 Å². The van der Waals surface area contributed by atoms with E-state index in [1.54, 1.807) is 36.4 Å². The van der Waals surface area contributed by atoms with E-state index in [0.717, 1.165) is 53.5 Å². The maximum atomic E-state index is 11.7. The number of aromatic nitrogens is 2. The van der Waals surface area contributed by atoms with Gasteiger partial charge in [-0.1, -0.05) is 23.7 Å². The number of hydrogen-bond donors (Lipinski definition) is 3. The number of nitrogens with one attached hydrogen (secondary N) is 2. The smallest absolute Gasteiger partial charge is 0.335 e. The Morgan fingerprint density at radius 2 is 2.05 bits per heavy atom. The number of carboxylic acid groups (broad SMARTS) is 1. The van der Waals surface area contributed by atoms with Crippen molar-refractivity contribution in [1.29, 1.82) is 5.26 Å². The molecule has 1 saturated heterocycles. The van der Waals surface area contributed by atoms with Crippen LogP contribution in [0.15, 0.2) is 72.6 Å². The monoisotopic (exact) mass is 600 g/mol. The van der Waals surface area contributed by atoms with Crippen molar-refractivity contribution < 1.29 is 19.4 Å². The Balaban J connectivity index is 1.23. The molecule has 0 atom stereocenters. The molecule has 10 nitrogen and oxygen atoms in total. The largest absolute Gasteiger partial charge is 0.488 e. The van der Waals surface area contributed by atoms with Gasteiger partial charge in [0.1, 0.15) is 36.1 Å². The van der Waals surface area contributed by atoms with Gasteiger partial charge in [-0.05, 0) is 61.0 Å². The second-order valence-corrected chi connectivity index (χ2v) is 10.7. The van der Waals surface area contributed by atoms with Crippen LogP contribution in [0, 0.1) is 11.3 Å². The average molecular weight is 601 g/mol. The summed E-state index contributed by atoms with van der Waals surface area (Å²) in [5.74, 6) is 1.12. The molecule has 0 bridgehead atoms. The van der Waals surface area contributed by atoms with Gasteiger partial charge in [0, 0.05) is 43.6 Å². The summed E-state index contributed by atoms with van der Waals surface area (Å²) in [5, 5.41) is 25.8. The average Bonchev–Trinajstić information content (AvgIpc) is 3.31. The van der Waals surface area contributed by atoms with Gasteiger partial charge in [-0.2, -0.15) is 5.26 Å². The minimum absolute atomic E-state index is 0.0237. The fourth-order valence-electron chi connectivity index (χ4n) is 5.03. The van der Waals surface area contributed by atoms with Crippen LogP contribution in [0.4, 0.5) is 0 Å². The highest BCUT2D eigenvalue weighted by atomic mass is 35.5. The number of allylic oxidation sites excluding steroid dienone is 1. The minimum Gasteiger partial charge on any atom is -0.488 e. The summed E-state index contributed by atoms with van der Waals surface area (Å²) in [6.07, 6.45) is 1.93. The van der Waals surface area contributed by atoms with Crippen LogP contribution >= 0.6 is 11.6 Å². The molecule has 1 aromatic heterocycles. The van der Waals surface area contributed by atoms with Crippen molar-refractivity contribution in [1.82, 2.24) is 25.1 Å². The Hall–Kier alpha value is -4.72. The molecule has 0 radical (unpaired) electrons. The third-order valence-electron chi connectivity index (χ3n) is 7.07. The Morgan fingerprint density at radius 1 is 1.21 bits per heavy atom. The Labute approximate surface area is 255 Å².